The maximum absolute atomic E-state index is 13.0. The molecule has 1 aliphatic carbocycles. The topological polar surface area (TPSA) is 3.24 Å². The van der Waals surface area contributed by atoms with Gasteiger partial charge in [-0.15, -0.1) is 0 Å². The Balaban J connectivity index is 2.30. The molecule has 0 unspecified atom stereocenters. The van der Waals surface area contributed by atoms with Crippen LogP contribution >= 0.6 is 0 Å². The molecule has 2 heteroatoms. The summed E-state index contributed by atoms with van der Waals surface area (Å²) in [5.41, 5.74) is 4.64. The molecule has 2 aliphatic rings. The lowest BCUT2D eigenvalue weighted by atomic mass is 9.87. The number of rotatable bonds is 3. The molecule has 0 saturated carbocycles. The number of likely N-dealkylation sites (N-methyl/N-ethyl adjacent to an activating group) is 1. The molecule has 0 aromatic rings. The first-order valence-electron chi connectivity index (χ1n) is 6.45. The van der Waals surface area contributed by atoms with E-state index in [4.69, 9.17) is 0 Å². The first-order valence-corrected chi connectivity index (χ1v) is 6.45. The van der Waals surface area contributed by atoms with E-state index in [1.807, 2.05) is 12.2 Å². The minimum Gasteiger partial charge on any atom is -0.374 e. The molecule has 0 aromatic carbocycles. The van der Waals surface area contributed by atoms with Gasteiger partial charge < -0.3 is 4.90 Å². The summed E-state index contributed by atoms with van der Waals surface area (Å²) in [5.74, 6) is -0.0368. The maximum atomic E-state index is 13.0. The Labute approximate surface area is 109 Å². The van der Waals surface area contributed by atoms with Crippen LogP contribution in [-0.4, -0.2) is 18.5 Å². The van der Waals surface area contributed by atoms with Crippen molar-refractivity contribution in [1.29, 1.82) is 0 Å². The van der Waals surface area contributed by atoms with Gasteiger partial charge in [-0.1, -0.05) is 19.2 Å². The average molecular weight is 245 g/mol. The van der Waals surface area contributed by atoms with Crippen LogP contribution in [-0.2, 0) is 0 Å². The lowest BCUT2D eigenvalue weighted by Gasteiger charge is -2.30. The summed E-state index contributed by atoms with van der Waals surface area (Å²) in [6.07, 6.45) is 8.75. The molecule has 2 rings (SSSR count). The van der Waals surface area contributed by atoms with Crippen molar-refractivity contribution >= 4 is 0 Å². The van der Waals surface area contributed by atoms with Gasteiger partial charge in [-0.25, -0.2) is 4.39 Å². The fraction of sp³-hybridized carbons (Fsp3) is 0.375. The van der Waals surface area contributed by atoms with E-state index in [0.717, 1.165) is 37.0 Å². The minimum absolute atomic E-state index is 0.0368. The van der Waals surface area contributed by atoms with Gasteiger partial charge in [0, 0.05) is 25.7 Å². The van der Waals surface area contributed by atoms with Gasteiger partial charge in [-0.2, -0.15) is 0 Å². The van der Waals surface area contributed by atoms with Crippen molar-refractivity contribution in [2.24, 2.45) is 0 Å². The van der Waals surface area contributed by atoms with Crippen molar-refractivity contribution in [3.8, 4) is 0 Å². The van der Waals surface area contributed by atoms with E-state index in [1.54, 1.807) is 6.08 Å². The molecular formula is C16H20FN. The number of allylic oxidation sites excluding steroid dienone is 7. The Bertz CT molecular complexity index is 465. The van der Waals surface area contributed by atoms with Crippen LogP contribution < -0.4 is 0 Å². The van der Waals surface area contributed by atoms with Crippen molar-refractivity contribution in [3.63, 3.8) is 0 Å². The molecule has 0 saturated heterocycles. The van der Waals surface area contributed by atoms with E-state index in [2.05, 4.69) is 25.1 Å². The third-order valence-electron chi connectivity index (χ3n) is 3.68. The van der Waals surface area contributed by atoms with Crippen LogP contribution in [0.5, 0.6) is 0 Å². The standard InChI is InChI=1S/C16H20FN/c1-4-16-15(6-5-11-18(16)3)12(2)13-7-9-14(17)10-8-13/h4,7,9H,1-2,5-6,8,10-11H2,3H3. The highest BCUT2D eigenvalue weighted by Gasteiger charge is 2.19. The lowest BCUT2D eigenvalue weighted by Crippen LogP contribution is -2.24. The largest absolute Gasteiger partial charge is 0.374 e. The molecule has 1 aliphatic heterocycles. The van der Waals surface area contributed by atoms with Gasteiger partial charge >= 0.3 is 0 Å². The van der Waals surface area contributed by atoms with Crippen molar-refractivity contribution in [3.05, 3.63) is 59.6 Å². The molecule has 0 atom stereocenters. The summed E-state index contributed by atoms with van der Waals surface area (Å²) in [5, 5.41) is 0. The van der Waals surface area contributed by atoms with Gasteiger partial charge in [-0.3, -0.25) is 0 Å². The van der Waals surface area contributed by atoms with Crippen LogP contribution in [0.4, 0.5) is 4.39 Å². The van der Waals surface area contributed by atoms with Crippen LogP contribution in [0.1, 0.15) is 25.7 Å². The zero-order valence-electron chi connectivity index (χ0n) is 11.0. The normalized spacial score (nSPS) is 20.4. The molecule has 0 radical (unpaired) electrons. The first kappa shape index (κ1) is 12.9. The van der Waals surface area contributed by atoms with Gasteiger partial charge in [0.15, 0.2) is 0 Å². The van der Waals surface area contributed by atoms with Gasteiger partial charge in [0.05, 0.1) is 0 Å². The second-order valence-corrected chi connectivity index (χ2v) is 4.88. The Morgan fingerprint density at radius 3 is 2.72 bits per heavy atom. The van der Waals surface area contributed by atoms with Crippen LogP contribution in [0.15, 0.2) is 59.6 Å². The van der Waals surface area contributed by atoms with Crippen molar-refractivity contribution < 1.29 is 4.39 Å². The van der Waals surface area contributed by atoms with E-state index in [-0.39, 0.29) is 5.83 Å². The zero-order valence-corrected chi connectivity index (χ0v) is 11.0. The SMILES string of the molecule is C=CC1=C(C(=C)C2=CC=C(F)CC2)CCCN1C. The first-order chi connectivity index (χ1) is 8.63. The quantitative estimate of drug-likeness (QED) is 0.717. The smallest absolute Gasteiger partial charge is 0.100 e. The minimum atomic E-state index is -0.0368. The molecule has 1 nitrogen and oxygen atoms in total. The van der Waals surface area contributed by atoms with E-state index in [9.17, 15) is 4.39 Å². The molecule has 0 bridgehead atoms. The van der Waals surface area contributed by atoms with E-state index in [1.165, 1.54) is 11.3 Å². The fourth-order valence-corrected chi connectivity index (χ4v) is 2.61. The maximum Gasteiger partial charge on any atom is 0.100 e. The Morgan fingerprint density at radius 1 is 1.33 bits per heavy atom. The van der Waals surface area contributed by atoms with Gasteiger partial charge in [0.2, 0.25) is 0 Å². The number of hydrogen-bond acceptors (Lipinski definition) is 1. The van der Waals surface area contributed by atoms with Crippen molar-refractivity contribution in [1.82, 2.24) is 4.90 Å². The second-order valence-electron chi connectivity index (χ2n) is 4.88. The van der Waals surface area contributed by atoms with Crippen molar-refractivity contribution in [2.75, 3.05) is 13.6 Å². The molecule has 1 heterocycles. The van der Waals surface area contributed by atoms with Crippen LogP contribution in [0.25, 0.3) is 0 Å². The molecular weight excluding hydrogens is 225 g/mol. The van der Waals surface area contributed by atoms with Crippen LogP contribution in [0.2, 0.25) is 0 Å². The van der Waals surface area contributed by atoms with Gasteiger partial charge in [-0.05, 0) is 48.1 Å². The number of halogens is 1. The Kier molecular flexibility index (Phi) is 3.85. The summed E-state index contributed by atoms with van der Waals surface area (Å²) < 4.78 is 13.0. The fourth-order valence-electron chi connectivity index (χ4n) is 2.61. The van der Waals surface area contributed by atoms with E-state index < -0.39 is 0 Å². The summed E-state index contributed by atoms with van der Waals surface area (Å²) >= 11 is 0. The highest BCUT2D eigenvalue weighted by molar-refractivity contribution is 5.51. The molecule has 18 heavy (non-hydrogen) atoms. The predicted octanol–water partition coefficient (Wildman–Crippen LogP) is 4.28. The highest BCUT2D eigenvalue weighted by Crippen LogP contribution is 2.34. The summed E-state index contributed by atoms with van der Waals surface area (Å²) in [7, 11) is 2.08. The summed E-state index contributed by atoms with van der Waals surface area (Å²) in [6, 6.07) is 0. The zero-order chi connectivity index (χ0) is 13.1. The Hall–Kier alpha value is -1.57. The number of hydrogen-bond donors (Lipinski definition) is 0. The van der Waals surface area contributed by atoms with Gasteiger partial charge in [0.25, 0.3) is 0 Å². The Morgan fingerprint density at radius 2 is 2.11 bits per heavy atom. The monoisotopic (exact) mass is 245 g/mol. The molecule has 0 fully saturated rings. The molecule has 0 N–H and O–H groups in total. The van der Waals surface area contributed by atoms with Crippen LogP contribution in [0.3, 0.4) is 0 Å². The predicted molar refractivity (Wildman–Crippen MR) is 74.7 cm³/mol. The number of nitrogens with zero attached hydrogens (tertiary/aromatic N) is 1. The van der Waals surface area contributed by atoms with E-state index >= 15 is 0 Å². The molecule has 0 spiro atoms. The molecule has 0 aromatic heterocycles. The third-order valence-corrected chi connectivity index (χ3v) is 3.68. The summed E-state index contributed by atoms with van der Waals surface area (Å²) in [4.78, 5) is 2.22. The third kappa shape index (κ3) is 2.47. The van der Waals surface area contributed by atoms with Crippen LogP contribution in [0, 0.1) is 0 Å². The molecule has 0 amide bonds. The highest BCUT2D eigenvalue weighted by atomic mass is 19.1. The van der Waals surface area contributed by atoms with Crippen molar-refractivity contribution in [2.45, 2.75) is 25.7 Å². The summed E-state index contributed by atoms with van der Waals surface area (Å²) in [6.45, 7) is 9.16. The molecule has 96 valence electrons. The van der Waals surface area contributed by atoms with E-state index in [0.29, 0.717) is 6.42 Å². The second kappa shape index (κ2) is 5.38. The van der Waals surface area contributed by atoms with Gasteiger partial charge in [0.1, 0.15) is 5.83 Å². The lowest BCUT2D eigenvalue weighted by molar-refractivity contribution is 0.393. The average Bonchev–Trinajstić information content (AvgIpc) is 2.38.